The molecule has 2 nitrogen and oxygen atoms in total. The highest BCUT2D eigenvalue weighted by molar-refractivity contribution is 7.80. The first kappa shape index (κ1) is 11.4. The second-order valence-corrected chi connectivity index (χ2v) is 5.72. The topological polar surface area (TPSA) is 38.0 Å². The van der Waals surface area contributed by atoms with Crippen LogP contribution < -0.4 is 11.1 Å². The molecule has 1 aromatic carbocycles. The van der Waals surface area contributed by atoms with Crippen LogP contribution in [0.1, 0.15) is 31.4 Å². The first-order chi connectivity index (χ1) is 7.40. The summed E-state index contributed by atoms with van der Waals surface area (Å²) in [5.41, 5.74) is 9.37. The van der Waals surface area contributed by atoms with Gasteiger partial charge in [0.25, 0.3) is 0 Å². The quantitative estimate of drug-likeness (QED) is 0.790. The van der Waals surface area contributed by atoms with Crippen LogP contribution >= 0.6 is 12.2 Å². The summed E-state index contributed by atoms with van der Waals surface area (Å²) in [5.74, 6) is 0. The molecule has 1 aliphatic carbocycles. The second kappa shape index (κ2) is 3.74. The maximum atomic E-state index is 5.60. The van der Waals surface area contributed by atoms with Crippen LogP contribution in [0.15, 0.2) is 18.2 Å². The zero-order chi connectivity index (χ0) is 11.9. The maximum Gasteiger partial charge on any atom is 0.103 e. The smallest absolute Gasteiger partial charge is 0.103 e. The van der Waals surface area contributed by atoms with Gasteiger partial charge in [0.05, 0.1) is 0 Å². The third kappa shape index (κ3) is 2.19. The molecule has 1 aromatic rings. The summed E-state index contributed by atoms with van der Waals surface area (Å²) < 4.78 is 0. The molecule has 1 fully saturated rings. The number of rotatable bonds is 3. The molecule has 0 spiro atoms. The van der Waals surface area contributed by atoms with Gasteiger partial charge in [-0.3, -0.25) is 0 Å². The van der Waals surface area contributed by atoms with Crippen molar-refractivity contribution in [1.82, 2.24) is 0 Å². The average Bonchev–Trinajstić information content (AvgIpc) is 2.77. The Kier molecular flexibility index (Phi) is 2.66. The summed E-state index contributed by atoms with van der Waals surface area (Å²) >= 11 is 4.96. The molecular weight excluding hydrogens is 216 g/mol. The van der Waals surface area contributed by atoms with E-state index in [-0.39, 0.29) is 0 Å². The Balaban J connectivity index is 2.14. The summed E-state index contributed by atoms with van der Waals surface area (Å²) in [5, 5.41) is 3.56. The van der Waals surface area contributed by atoms with E-state index in [0.29, 0.717) is 16.4 Å². The number of thiocarbonyl (C=S) groups is 1. The van der Waals surface area contributed by atoms with Crippen molar-refractivity contribution >= 4 is 22.9 Å². The molecule has 16 heavy (non-hydrogen) atoms. The Labute approximate surface area is 102 Å². The maximum absolute atomic E-state index is 5.60. The zero-order valence-corrected chi connectivity index (χ0v) is 10.8. The molecular formula is C13H18N2S. The number of nitrogens with two attached hydrogens (primary N) is 1. The Morgan fingerprint density at radius 1 is 1.50 bits per heavy atom. The Hall–Kier alpha value is -1.09. The largest absolute Gasteiger partial charge is 0.389 e. The van der Waals surface area contributed by atoms with Crippen molar-refractivity contribution in [3.05, 3.63) is 29.3 Å². The molecule has 0 saturated heterocycles. The van der Waals surface area contributed by atoms with Gasteiger partial charge in [-0.25, -0.2) is 0 Å². The standard InChI is InChI=1S/C13H18N2S/c1-8-6-9(12(14)16)4-5-10(8)15-11-7-13(11,2)3/h4-6,11,15H,7H2,1-3H3,(H2,14,16). The van der Waals surface area contributed by atoms with Crippen LogP contribution in [0.25, 0.3) is 0 Å². The number of anilines is 1. The van der Waals surface area contributed by atoms with Gasteiger partial charge in [0.15, 0.2) is 0 Å². The van der Waals surface area contributed by atoms with Crippen LogP contribution in [-0.2, 0) is 0 Å². The van der Waals surface area contributed by atoms with Gasteiger partial charge in [0, 0.05) is 17.3 Å². The van der Waals surface area contributed by atoms with Gasteiger partial charge in [-0.15, -0.1) is 0 Å². The molecule has 86 valence electrons. The highest BCUT2D eigenvalue weighted by Crippen LogP contribution is 2.46. The molecule has 1 aliphatic rings. The molecule has 0 amide bonds. The van der Waals surface area contributed by atoms with E-state index in [9.17, 15) is 0 Å². The van der Waals surface area contributed by atoms with Crippen molar-refractivity contribution in [1.29, 1.82) is 0 Å². The van der Waals surface area contributed by atoms with Gasteiger partial charge in [-0.1, -0.05) is 26.1 Å². The lowest BCUT2D eigenvalue weighted by molar-refractivity contribution is 0.630. The minimum atomic E-state index is 0.439. The molecule has 0 aromatic heterocycles. The minimum absolute atomic E-state index is 0.439. The molecule has 0 bridgehead atoms. The first-order valence-electron chi connectivity index (χ1n) is 5.57. The van der Waals surface area contributed by atoms with E-state index < -0.39 is 0 Å². The van der Waals surface area contributed by atoms with Gasteiger partial charge in [0.1, 0.15) is 4.99 Å². The van der Waals surface area contributed by atoms with Crippen LogP contribution in [0.3, 0.4) is 0 Å². The lowest BCUT2D eigenvalue weighted by Crippen LogP contribution is -2.12. The molecule has 3 N–H and O–H groups in total. The molecule has 1 unspecified atom stereocenters. The summed E-state index contributed by atoms with van der Waals surface area (Å²) in [4.78, 5) is 0.460. The van der Waals surface area contributed by atoms with E-state index in [1.807, 2.05) is 12.1 Å². The van der Waals surface area contributed by atoms with Crippen LogP contribution in [0, 0.1) is 12.3 Å². The number of hydrogen-bond donors (Lipinski definition) is 2. The van der Waals surface area contributed by atoms with Crippen LogP contribution in [0.4, 0.5) is 5.69 Å². The third-order valence-electron chi connectivity index (χ3n) is 3.35. The van der Waals surface area contributed by atoms with E-state index in [1.165, 1.54) is 17.7 Å². The molecule has 1 saturated carbocycles. The lowest BCUT2D eigenvalue weighted by atomic mass is 10.1. The monoisotopic (exact) mass is 234 g/mol. The molecule has 3 heteroatoms. The summed E-state index contributed by atoms with van der Waals surface area (Å²) in [6.45, 7) is 6.65. The Morgan fingerprint density at radius 2 is 2.12 bits per heavy atom. The van der Waals surface area contributed by atoms with E-state index in [4.69, 9.17) is 18.0 Å². The Morgan fingerprint density at radius 3 is 2.56 bits per heavy atom. The average molecular weight is 234 g/mol. The minimum Gasteiger partial charge on any atom is -0.389 e. The van der Waals surface area contributed by atoms with Crippen LogP contribution in [-0.4, -0.2) is 11.0 Å². The molecule has 1 atom stereocenters. The van der Waals surface area contributed by atoms with E-state index in [1.54, 1.807) is 0 Å². The number of benzene rings is 1. The Bertz CT molecular complexity index is 438. The first-order valence-corrected chi connectivity index (χ1v) is 5.98. The van der Waals surface area contributed by atoms with Crippen molar-refractivity contribution < 1.29 is 0 Å². The molecule has 0 aliphatic heterocycles. The fourth-order valence-corrected chi connectivity index (χ4v) is 2.01. The predicted molar refractivity (Wildman–Crippen MR) is 72.9 cm³/mol. The molecule has 0 radical (unpaired) electrons. The summed E-state index contributed by atoms with van der Waals surface area (Å²) in [6.07, 6.45) is 1.24. The van der Waals surface area contributed by atoms with Gasteiger partial charge in [0.2, 0.25) is 0 Å². The van der Waals surface area contributed by atoms with Crippen molar-refractivity contribution in [3.63, 3.8) is 0 Å². The number of aryl methyl sites for hydroxylation is 1. The number of nitrogens with one attached hydrogen (secondary N) is 1. The van der Waals surface area contributed by atoms with E-state index >= 15 is 0 Å². The fraction of sp³-hybridized carbons (Fsp3) is 0.462. The zero-order valence-electron chi connectivity index (χ0n) is 10.0. The van der Waals surface area contributed by atoms with Gasteiger partial charge < -0.3 is 11.1 Å². The van der Waals surface area contributed by atoms with Crippen LogP contribution in [0.5, 0.6) is 0 Å². The SMILES string of the molecule is Cc1cc(C(N)=S)ccc1NC1CC1(C)C. The van der Waals surface area contributed by atoms with Crippen molar-refractivity contribution in [2.75, 3.05) is 5.32 Å². The van der Waals surface area contributed by atoms with E-state index in [0.717, 1.165) is 5.56 Å². The number of hydrogen-bond acceptors (Lipinski definition) is 2. The van der Waals surface area contributed by atoms with Gasteiger partial charge in [-0.2, -0.15) is 0 Å². The summed E-state index contributed by atoms with van der Waals surface area (Å²) in [6, 6.07) is 6.69. The van der Waals surface area contributed by atoms with Crippen molar-refractivity contribution in [3.8, 4) is 0 Å². The van der Waals surface area contributed by atoms with Gasteiger partial charge >= 0.3 is 0 Å². The van der Waals surface area contributed by atoms with E-state index in [2.05, 4.69) is 32.2 Å². The normalized spacial score (nSPS) is 21.6. The second-order valence-electron chi connectivity index (χ2n) is 5.28. The van der Waals surface area contributed by atoms with Crippen LogP contribution in [0.2, 0.25) is 0 Å². The highest BCUT2D eigenvalue weighted by Gasteiger charge is 2.45. The molecule has 0 heterocycles. The highest BCUT2D eigenvalue weighted by atomic mass is 32.1. The summed E-state index contributed by atoms with van der Waals surface area (Å²) in [7, 11) is 0. The molecule has 2 rings (SSSR count). The lowest BCUT2D eigenvalue weighted by Gasteiger charge is -2.12. The van der Waals surface area contributed by atoms with Gasteiger partial charge in [-0.05, 0) is 42.5 Å². The third-order valence-corrected chi connectivity index (χ3v) is 3.59. The van der Waals surface area contributed by atoms with Crippen molar-refractivity contribution in [2.45, 2.75) is 33.2 Å². The fourth-order valence-electron chi connectivity index (χ4n) is 1.88. The van der Waals surface area contributed by atoms with Crippen molar-refractivity contribution in [2.24, 2.45) is 11.1 Å². The predicted octanol–water partition coefficient (Wildman–Crippen LogP) is 2.84.